The third-order valence-corrected chi connectivity index (χ3v) is 4.79. The fourth-order valence-corrected chi connectivity index (χ4v) is 3.34. The number of carbonyl (C=O) groups excluding carboxylic acids is 1. The van der Waals surface area contributed by atoms with E-state index in [1.807, 2.05) is 92.7 Å². The summed E-state index contributed by atoms with van der Waals surface area (Å²) < 4.78 is 7.39. The quantitative estimate of drug-likeness (QED) is 0.345. The Morgan fingerprint density at radius 2 is 1.66 bits per heavy atom. The maximum atomic E-state index is 13.6. The lowest BCUT2D eigenvalue weighted by Gasteiger charge is -2.18. The van der Waals surface area contributed by atoms with Gasteiger partial charge in [-0.1, -0.05) is 66.8 Å². The summed E-state index contributed by atoms with van der Waals surface area (Å²) in [6.45, 7) is 10.4. The van der Waals surface area contributed by atoms with Crippen LogP contribution in [0.4, 0.5) is 0 Å². The van der Waals surface area contributed by atoms with Crippen molar-refractivity contribution < 1.29 is 9.53 Å². The molecule has 0 saturated carbocycles. The van der Waals surface area contributed by atoms with E-state index in [9.17, 15) is 4.79 Å². The van der Waals surface area contributed by atoms with Gasteiger partial charge in [0.05, 0.1) is 12.8 Å². The highest BCUT2D eigenvalue weighted by atomic mass is 16.5. The molecule has 2 aromatic carbocycles. The number of allylic oxidation sites excluding steroid dienone is 4. The van der Waals surface area contributed by atoms with E-state index in [0.29, 0.717) is 23.7 Å². The van der Waals surface area contributed by atoms with Crippen molar-refractivity contribution in [3.05, 3.63) is 109 Å². The Hall–Kier alpha value is -3.86. The van der Waals surface area contributed by atoms with Gasteiger partial charge in [0.25, 0.3) is 5.91 Å². The molecule has 0 bridgehead atoms. The smallest absolute Gasteiger partial charge is 0.261 e. The van der Waals surface area contributed by atoms with Crippen LogP contribution in [0.15, 0.2) is 92.0 Å². The van der Waals surface area contributed by atoms with Crippen molar-refractivity contribution in [2.45, 2.75) is 20.4 Å². The van der Waals surface area contributed by atoms with Crippen molar-refractivity contribution in [3.8, 4) is 11.6 Å². The fourth-order valence-electron chi connectivity index (χ4n) is 3.34. The second kappa shape index (κ2) is 12.1. The molecule has 0 atom stereocenters. The minimum Gasteiger partial charge on any atom is -0.480 e. The molecule has 0 saturated heterocycles. The molecule has 1 aromatic heterocycles. The largest absolute Gasteiger partial charge is 0.480 e. The van der Waals surface area contributed by atoms with Gasteiger partial charge in [-0.05, 0) is 37.1 Å². The number of nitrogens with zero attached hydrogens (tertiary/aromatic N) is 3. The predicted octanol–water partition coefficient (Wildman–Crippen LogP) is 5.93. The Kier molecular flexibility index (Phi) is 9.23. The summed E-state index contributed by atoms with van der Waals surface area (Å²) in [5.74, 6) is 0.279. The molecule has 0 aliphatic carbocycles. The average molecular weight is 430 g/mol. The highest BCUT2D eigenvalue weighted by molar-refractivity contribution is 6.01. The van der Waals surface area contributed by atoms with Gasteiger partial charge in [-0.15, -0.1) is 13.2 Å². The third-order valence-electron chi connectivity index (χ3n) is 4.79. The van der Waals surface area contributed by atoms with Crippen LogP contribution in [0.25, 0.3) is 11.3 Å². The number of carbonyl (C=O) groups is 1. The Morgan fingerprint density at radius 1 is 1.06 bits per heavy atom. The summed E-state index contributed by atoms with van der Waals surface area (Å²) in [5.41, 5.74) is 3.80. The van der Waals surface area contributed by atoms with Crippen LogP contribution in [-0.4, -0.2) is 34.7 Å². The zero-order chi connectivity index (χ0) is 23.5. The molecule has 1 heterocycles. The van der Waals surface area contributed by atoms with Gasteiger partial charge in [-0.25, -0.2) is 0 Å². The molecule has 0 unspecified atom stereocenters. The highest BCUT2D eigenvalue weighted by Crippen LogP contribution is 2.32. The summed E-state index contributed by atoms with van der Waals surface area (Å²) in [6.07, 6.45) is 5.83. The lowest BCUT2D eigenvalue weighted by Crippen LogP contribution is -2.27. The summed E-state index contributed by atoms with van der Waals surface area (Å²) in [6, 6.07) is 19.6. The number of methoxy groups -OCH3 is 1. The van der Waals surface area contributed by atoms with E-state index in [0.717, 1.165) is 16.8 Å². The molecule has 5 heteroatoms. The maximum absolute atomic E-state index is 13.6. The van der Waals surface area contributed by atoms with Crippen LogP contribution in [0.5, 0.6) is 5.88 Å². The number of rotatable bonds is 7. The molecule has 0 N–H and O–H groups in total. The predicted molar refractivity (Wildman–Crippen MR) is 132 cm³/mol. The number of benzene rings is 2. The van der Waals surface area contributed by atoms with Crippen molar-refractivity contribution in [1.82, 2.24) is 14.7 Å². The zero-order valence-corrected chi connectivity index (χ0v) is 19.3. The summed E-state index contributed by atoms with van der Waals surface area (Å²) in [7, 11) is 3.36. The van der Waals surface area contributed by atoms with Crippen molar-refractivity contribution in [2.75, 3.05) is 14.2 Å². The monoisotopic (exact) mass is 429 g/mol. The minimum absolute atomic E-state index is 0.142. The van der Waals surface area contributed by atoms with Crippen molar-refractivity contribution in [2.24, 2.45) is 0 Å². The molecule has 3 aromatic rings. The van der Waals surface area contributed by atoms with Gasteiger partial charge in [-0.3, -0.25) is 4.79 Å². The molecule has 32 heavy (non-hydrogen) atoms. The lowest BCUT2D eigenvalue weighted by molar-refractivity contribution is 0.0781. The number of ether oxygens (including phenoxy) is 1. The number of amides is 1. The second-order valence-corrected chi connectivity index (χ2v) is 6.87. The van der Waals surface area contributed by atoms with Crippen molar-refractivity contribution in [3.63, 3.8) is 0 Å². The lowest BCUT2D eigenvalue weighted by atomic mass is 10.1. The van der Waals surface area contributed by atoms with Crippen LogP contribution >= 0.6 is 0 Å². The average Bonchev–Trinajstić information content (AvgIpc) is 3.23. The molecule has 0 aliphatic heterocycles. The number of para-hydroxylation sites is 1. The first-order chi connectivity index (χ1) is 15.6. The van der Waals surface area contributed by atoms with Crippen LogP contribution in [0.3, 0.4) is 0 Å². The summed E-state index contributed by atoms with van der Waals surface area (Å²) in [4.78, 5) is 15.3. The first-order valence-corrected chi connectivity index (χ1v) is 10.4. The number of hydrogen-bond donors (Lipinski definition) is 0. The van der Waals surface area contributed by atoms with Crippen LogP contribution < -0.4 is 4.74 Å². The molecule has 3 rings (SSSR count). The Labute approximate surface area is 191 Å². The Bertz CT molecular complexity index is 1070. The van der Waals surface area contributed by atoms with Crippen LogP contribution in [0, 0.1) is 0 Å². The van der Waals surface area contributed by atoms with Crippen LogP contribution in [0.2, 0.25) is 0 Å². The molecular weight excluding hydrogens is 398 g/mol. The van der Waals surface area contributed by atoms with Gasteiger partial charge >= 0.3 is 0 Å². The molecule has 166 valence electrons. The number of hydrogen-bond acceptors (Lipinski definition) is 3. The van der Waals surface area contributed by atoms with E-state index in [4.69, 9.17) is 9.84 Å². The van der Waals surface area contributed by atoms with Crippen LogP contribution in [0.1, 0.15) is 35.5 Å². The van der Waals surface area contributed by atoms with E-state index in [1.54, 1.807) is 23.7 Å². The van der Waals surface area contributed by atoms with E-state index in [1.165, 1.54) is 0 Å². The molecule has 0 fully saturated rings. The van der Waals surface area contributed by atoms with Gasteiger partial charge in [0.15, 0.2) is 0 Å². The second-order valence-electron chi connectivity index (χ2n) is 6.87. The van der Waals surface area contributed by atoms with Gasteiger partial charge in [0, 0.05) is 13.6 Å². The van der Waals surface area contributed by atoms with E-state index >= 15 is 0 Å². The Balaban J connectivity index is 0.00000176. The Morgan fingerprint density at radius 3 is 2.19 bits per heavy atom. The first-order valence-electron chi connectivity index (χ1n) is 10.4. The molecule has 0 radical (unpaired) electrons. The van der Waals surface area contributed by atoms with E-state index < -0.39 is 0 Å². The number of aromatic nitrogens is 2. The van der Waals surface area contributed by atoms with Crippen LogP contribution in [-0.2, 0) is 6.54 Å². The fraction of sp³-hybridized carbons (Fsp3) is 0.185. The van der Waals surface area contributed by atoms with Gasteiger partial charge in [-0.2, -0.15) is 9.78 Å². The molecule has 0 aliphatic rings. The zero-order valence-electron chi connectivity index (χ0n) is 19.3. The SMILES string of the molecule is C/C=C\C(=C/C)c1nn(-c2ccccc2)c(OC)c1C(=O)N(C)Cc1ccccc1.C=C. The highest BCUT2D eigenvalue weighted by Gasteiger charge is 2.29. The summed E-state index contributed by atoms with van der Waals surface area (Å²) in [5, 5.41) is 4.78. The molecule has 1 amide bonds. The summed E-state index contributed by atoms with van der Waals surface area (Å²) >= 11 is 0. The van der Waals surface area contributed by atoms with E-state index in [2.05, 4.69) is 13.2 Å². The van der Waals surface area contributed by atoms with Gasteiger partial charge < -0.3 is 9.64 Å². The molecule has 5 nitrogen and oxygen atoms in total. The topological polar surface area (TPSA) is 47.4 Å². The maximum Gasteiger partial charge on any atom is 0.261 e. The standard InChI is InChI=1S/C25H27N3O2.C2H4/c1-5-13-20(6-2)23-22(24(29)27(3)18-19-14-9-7-10-15-19)25(30-4)28(26-23)21-16-11-8-12-17-21;1-2/h5-17H,18H2,1-4H3;1-2H2/b13-5-,20-6+;. The van der Waals surface area contributed by atoms with Gasteiger partial charge in [0.2, 0.25) is 5.88 Å². The molecular formula is C27H31N3O2. The molecule has 0 spiro atoms. The van der Waals surface area contributed by atoms with E-state index in [-0.39, 0.29) is 5.91 Å². The van der Waals surface area contributed by atoms with Gasteiger partial charge in [0.1, 0.15) is 11.3 Å². The third kappa shape index (κ3) is 5.43. The first kappa shape index (κ1) is 24.4. The van der Waals surface area contributed by atoms with Crippen molar-refractivity contribution in [1.29, 1.82) is 0 Å². The normalized spacial score (nSPS) is 11.1. The van der Waals surface area contributed by atoms with Crippen molar-refractivity contribution >= 4 is 11.5 Å². The minimum atomic E-state index is -0.142.